The smallest absolute Gasteiger partial charge is 0.406 e. The summed E-state index contributed by atoms with van der Waals surface area (Å²) in [5, 5.41) is 2.63. The molecule has 1 N–H and O–H groups in total. The van der Waals surface area contributed by atoms with Crippen LogP contribution in [0.4, 0.5) is 18.9 Å². The minimum atomic E-state index is -4.74. The van der Waals surface area contributed by atoms with E-state index in [2.05, 4.69) is 15.0 Å². The van der Waals surface area contributed by atoms with E-state index in [1.54, 1.807) is 6.33 Å². The molecule has 0 aliphatic heterocycles. The van der Waals surface area contributed by atoms with E-state index in [1.807, 2.05) is 28.8 Å². The number of carbonyl (C=O) groups excluding carboxylic acids is 1. The van der Waals surface area contributed by atoms with Crippen LogP contribution >= 0.6 is 0 Å². The van der Waals surface area contributed by atoms with Crippen LogP contribution in [0.3, 0.4) is 0 Å². The Hall–Kier alpha value is -3.03. The highest BCUT2D eigenvalue weighted by Gasteiger charge is 2.30. The summed E-state index contributed by atoms with van der Waals surface area (Å²) >= 11 is 0. The zero-order chi connectivity index (χ0) is 17.9. The lowest BCUT2D eigenvalue weighted by Gasteiger charge is -2.10. The Morgan fingerprint density at radius 1 is 1.12 bits per heavy atom. The molecule has 0 atom stereocenters. The monoisotopic (exact) mass is 349 g/mol. The fourth-order valence-electron chi connectivity index (χ4n) is 2.37. The molecule has 1 amide bonds. The van der Waals surface area contributed by atoms with E-state index in [1.165, 1.54) is 12.1 Å². The third kappa shape index (κ3) is 4.50. The van der Waals surface area contributed by atoms with Crippen molar-refractivity contribution in [3.63, 3.8) is 0 Å². The maximum atomic E-state index is 12.1. The molecule has 0 fully saturated rings. The lowest BCUT2D eigenvalue weighted by Crippen LogP contribution is -2.17. The number of anilines is 1. The van der Waals surface area contributed by atoms with Crippen molar-refractivity contribution in [1.82, 2.24) is 9.55 Å². The molecule has 2 aromatic carbocycles. The standard InChI is InChI=1S/C17H14F3N3O2/c18-17(19,20)25-13-7-5-12(6-8-13)22-16(24)9-10-23-11-21-14-3-1-2-4-15(14)23/h1-8,11H,9-10H2,(H,22,24). The molecule has 0 aliphatic carbocycles. The number of amides is 1. The molecule has 5 nitrogen and oxygen atoms in total. The van der Waals surface area contributed by atoms with Crippen molar-refractivity contribution in [1.29, 1.82) is 0 Å². The van der Waals surface area contributed by atoms with E-state index in [4.69, 9.17) is 0 Å². The Labute approximate surface area is 141 Å². The highest BCUT2D eigenvalue weighted by Crippen LogP contribution is 2.24. The molecule has 0 spiro atoms. The second-order valence-electron chi connectivity index (χ2n) is 5.30. The summed E-state index contributed by atoms with van der Waals surface area (Å²) in [7, 11) is 0. The molecule has 8 heteroatoms. The lowest BCUT2D eigenvalue weighted by molar-refractivity contribution is -0.274. The molecule has 130 valence electrons. The van der Waals surface area contributed by atoms with Crippen LogP contribution in [0.2, 0.25) is 0 Å². The van der Waals surface area contributed by atoms with Crippen LogP contribution in [-0.2, 0) is 11.3 Å². The molecule has 1 aromatic heterocycles. The number of ether oxygens (including phenoxy) is 1. The summed E-state index contributed by atoms with van der Waals surface area (Å²) in [5.74, 6) is -0.586. The van der Waals surface area contributed by atoms with Crippen molar-refractivity contribution in [3.05, 3.63) is 54.9 Å². The summed E-state index contributed by atoms with van der Waals surface area (Å²) in [6.07, 6.45) is -2.86. The van der Waals surface area contributed by atoms with Gasteiger partial charge in [0.1, 0.15) is 5.75 Å². The first-order valence-electron chi connectivity index (χ1n) is 7.46. The van der Waals surface area contributed by atoms with E-state index >= 15 is 0 Å². The van der Waals surface area contributed by atoms with Gasteiger partial charge in [-0.15, -0.1) is 13.2 Å². The predicted octanol–water partition coefficient (Wildman–Crippen LogP) is 3.96. The van der Waals surface area contributed by atoms with Crippen LogP contribution in [0.25, 0.3) is 11.0 Å². The Morgan fingerprint density at radius 3 is 2.56 bits per heavy atom. The third-order valence-electron chi connectivity index (χ3n) is 3.48. The predicted molar refractivity (Wildman–Crippen MR) is 86.1 cm³/mol. The topological polar surface area (TPSA) is 56.2 Å². The molecular formula is C17H14F3N3O2. The van der Waals surface area contributed by atoms with Gasteiger partial charge in [0, 0.05) is 18.7 Å². The number of para-hydroxylation sites is 2. The summed E-state index contributed by atoms with van der Waals surface area (Å²) in [5.41, 5.74) is 2.18. The zero-order valence-electron chi connectivity index (χ0n) is 13.0. The number of nitrogens with one attached hydrogen (secondary N) is 1. The quantitative estimate of drug-likeness (QED) is 0.758. The van der Waals surface area contributed by atoms with E-state index < -0.39 is 6.36 Å². The largest absolute Gasteiger partial charge is 0.573 e. The number of nitrogens with zero attached hydrogens (tertiary/aromatic N) is 2. The van der Waals surface area contributed by atoms with Crippen molar-refractivity contribution >= 4 is 22.6 Å². The Kier molecular flexibility index (Phi) is 4.60. The van der Waals surface area contributed by atoms with Crippen molar-refractivity contribution in [3.8, 4) is 5.75 Å². The van der Waals surface area contributed by atoms with Gasteiger partial charge in [0.25, 0.3) is 0 Å². The van der Waals surface area contributed by atoms with Crippen LogP contribution in [0.5, 0.6) is 5.75 Å². The molecule has 0 saturated heterocycles. The number of benzene rings is 2. The number of aromatic nitrogens is 2. The van der Waals surface area contributed by atoms with Gasteiger partial charge in [-0.1, -0.05) is 12.1 Å². The normalized spacial score (nSPS) is 11.5. The van der Waals surface area contributed by atoms with Crippen molar-refractivity contribution < 1.29 is 22.7 Å². The summed E-state index contributed by atoms with van der Waals surface area (Å²) < 4.78 is 41.9. The molecule has 0 aliphatic rings. The molecule has 0 unspecified atom stereocenters. The molecule has 1 heterocycles. The van der Waals surface area contributed by atoms with Crippen LogP contribution in [0, 0.1) is 0 Å². The van der Waals surface area contributed by atoms with E-state index in [0.29, 0.717) is 12.2 Å². The van der Waals surface area contributed by atoms with Crippen molar-refractivity contribution in [2.75, 3.05) is 5.32 Å². The summed E-state index contributed by atoms with van der Waals surface area (Å²) in [4.78, 5) is 16.2. The number of alkyl halides is 3. The maximum Gasteiger partial charge on any atom is 0.573 e. The number of rotatable bonds is 5. The van der Waals surface area contributed by atoms with Gasteiger partial charge in [-0.3, -0.25) is 4.79 Å². The fraction of sp³-hybridized carbons (Fsp3) is 0.176. The first kappa shape index (κ1) is 16.8. The van der Waals surface area contributed by atoms with Gasteiger partial charge in [0.15, 0.2) is 0 Å². The average Bonchev–Trinajstić information content (AvgIpc) is 2.97. The molecule has 0 saturated carbocycles. The number of carbonyl (C=O) groups is 1. The summed E-state index contributed by atoms with van der Waals surface area (Å²) in [6, 6.07) is 12.6. The van der Waals surface area contributed by atoms with Gasteiger partial charge in [0.2, 0.25) is 5.91 Å². The average molecular weight is 349 g/mol. The van der Waals surface area contributed by atoms with E-state index in [9.17, 15) is 18.0 Å². The summed E-state index contributed by atoms with van der Waals surface area (Å²) in [6.45, 7) is 0.446. The van der Waals surface area contributed by atoms with Crippen LogP contribution in [0.1, 0.15) is 6.42 Å². The lowest BCUT2D eigenvalue weighted by atomic mass is 10.3. The van der Waals surface area contributed by atoms with Crippen LogP contribution in [0.15, 0.2) is 54.9 Å². The zero-order valence-corrected chi connectivity index (χ0v) is 13.0. The highest BCUT2D eigenvalue weighted by atomic mass is 19.4. The number of halogens is 3. The SMILES string of the molecule is O=C(CCn1cnc2ccccc21)Nc1ccc(OC(F)(F)F)cc1. The van der Waals surface area contributed by atoms with Gasteiger partial charge in [-0.05, 0) is 36.4 Å². The third-order valence-corrected chi connectivity index (χ3v) is 3.48. The van der Waals surface area contributed by atoms with Gasteiger partial charge in [0.05, 0.1) is 17.4 Å². The molecule has 0 radical (unpaired) electrons. The molecule has 25 heavy (non-hydrogen) atoms. The number of hydrogen-bond donors (Lipinski definition) is 1. The number of aryl methyl sites for hydroxylation is 1. The maximum absolute atomic E-state index is 12.1. The number of hydrogen-bond acceptors (Lipinski definition) is 3. The molecular weight excluding hydrogens is 335 g/mol. The minimum absolute atomic E-state index is 0.209. The Bertz CT molecular complexity index is 873. The number of imidazole rings is 1. The van der Waals surface area contributed by atoms with Crippen LogP contribution in [-0.4, -0.2) is 21.8 Å². The van der Waals surface area contributed by atoms with Crippen molar-refractivity contribution in [2.24, 2.45) is 0 Å². The second-order valence-corrected chi connectivity index (χ2v) is 5.30. The first-order valence-corrected chi connectivity index (χ1v) is 7.46. The fourth-order valence-corrected chi connectivity index (χ4v) is 2.37. The van der Waals surface area contributed by atoms with Gasteiger partial charge < -0.3 is 14.6 Å². The van der Waals surface area contributed by atoms with Gasteiger partial charge in [-0.25, -0.2) is 4.98 Å². The van der Waals surface area contributed by atoms with E-state index in [-0.39, 0.29) is 18.1 Å². The number of fused-ring (bicyclic) bond motifs is 1. The first-order chi connectivity index (χ1) is 11.9. The van der Waals surface area contributed by atoms with Crippen molar-refractivity contribution in [2.45, 2.75) is 19.3 Å². The molecule has 3 rings (SSSR count). The second kappa shape index (κ2) is 6.84. The van der Waals surface area contributed by atoms with E-state index in [0.717, 1.165) is 23.2 Å². The molecule has 3 aromatic rings. The highest BCUT2D eigenvalue weighted by molar-refractivity contribution is 5.90. The molecule has 0 bridgehead atoms. The minimum Gasteiger partial charge on any atom is -0.406 e. The van der Waals surface area contributed by atoms with Gasteiger partial charge in [-0.2, -0.15) is 0 Å². The Balaban J connectivity index is 1.56. The van der Waals surface area contributed by atoms with Crippen LogP contribution < -0.4 is 10.1 Å². The van der Waals surface area contributed by atoms with Gasteiger partial charge >= 0.3 is 6.36 Å². The Morgan fingerprint density at radius 2 is 1.84 bits per heavy atom.